The van der Waals surface area contributed by atoms with Crippen molar-refractivity contribution in [3.8, 4) is 22.8 Å². The van der Waals surface area contributed by atoms with Crippen LogP contribution in [0, 0.1) is 5.92 Å². The van der Waals surface area contributed by atoms with Gasteiger partial charge in [-0.3, -0.25) is 9.20 Å². The first-order valence-electron chi connectivity index (χ1n) is 13.7. The summed E-state index contributed by atoms with van der Waals surface area (Å²) >= 11 is 0. The number of nitrogens with zero attached hydrogens (tertiary/aromatic N) is 3. The molecule has 0 bridgehead atoms. The monoisotopic (exact) mass is 555 g/mol. The molecule has 1 aliphatic heterocycles. The summed E-state index contributed by atoms with van der Waals surface area (Å²) < 4.78 is 44.4. The predicted octanol–water partition coefficient (Wildman–Crippen LogP) is 6.71. The molecule has 40 heavy (non-hydrogen) atoms. The Kier molecular flexibility index (Phi) is 7.70. The van der Waals surface area contributed by atoms with Gasteiger partial charge in [0, 0.05) is 37.2 Å². The highest BCUT2D eigenvalue weighted by Crippen LogP contribution is 2.40. The number of hydrogen-bond donors (Lipinski definition) is 0. The van der Waals surface area contributed by atoms with E-state index in [1.807, 2.05) is 43.5 Å². The quantitative estimate of drug-likeness (QED) is 0.288. The lowest BCUT2D eigenvalue weighted by atomic mass is 9.91. The Morgan fingerprint density at radius 1 is 1.12 bits per heavy atom. The van der Waals surface area contributed by atoms with E-state index < -0.39 is 12.2 Å². The average Bonchev–Trinajstić information content (AvgIpc) is 3.61. The number of benzene rings is 1. The minimum Gasteiger partial charge on any atom is -0.496 e. The van der Waals surface area contributed by atoms with Crippen LogP contribution in [0.1, 0.15) is 74.7 Å². The number of rotatable bonds is 8. The Balaban J connectivity index is 1.44. The summed E-state index contributed by atoms with van der Waals surface area (Å²) in [7, 11) is 1.41. The van der Waals surface area contributed by atoms with Gasteiger partial charge in [0.25, 0.3) is 0 Å². The normalized spacial score (nSPS) is 17.8. The molecule has 0 N–H and O–H groups in total. The second-order valence-electron chi connectivity index (χ2n) is 11.6. The summed E-state index contributed by atoms with van der Waals surface area (Å²) in [5.41, 5.74) is 2.38. The highest BCUT2D eigenvalue weighted by molar-refractivity contribution is 6.02. The van der Waals surface area contributed by atoms with Crippen LogP contribution in [-0.4, -0.2) is 58.6 Å². The predicted molar refractivity (Wildman–Crippen MR) is 145 cm³/mol. The van der Waals surface area contributed by atoms with Crippen LogP contribution in [-0.2, 0) is 4.74 Å². The molecule has 10 heteroatoms. The van der Waals surface area contributed by atoms with Gasteiger partial charge in [-0.25, -0.2) is 9.78 Å². The van der Waals surface area contributed by atoms with Crippen molar-refractivity contribution in [1.82, 2.24) is 14.3 Å². The third kappa shape index (κ3) is 6.21. The number of pyridine rings is 1. The van der Waals surface area contributed by atoms with Gasteiger partial charge in [0.15, 0.2) is 5.78 Å². The van der Waals surface area contributed by atoms with Crippen molar-refractivity contribution in [2.24, 2.45) is 5.92 Å². The van der Waals surface area contributed by atoms with Crippen LogP contribution in [0.15, 0.2) is 36.7 Å². The van der Waals surface area contributed by atoms with Crippen LogP contribution >= 0.6 is 0 Å². The molecule has 2 fully saturated rings. The number of halogens is 2. The van der Waals surface area contributed by atoms with Crippen molar-refractivity contribution in [2.45, 2.75) is 71.0 Å². The number of ketones is 1. The summed E-state index contributed by atoms with van der Waals surface area (Å²) in [6.45, 7) is 3.69. The number of imidazole rings is 1. The molecule has 1 aromatic carbocycles. The fraction of sp³-hybridized carbons (Fsp3) is 0.500. The SMILES string of the molecule is COc1cc(-c2cnc3cc(C4CCCN(C(=O)OC(C)(C)C)C4)ccn23)cc(OC(F)F)c1C(=O)CC1CC1. The largest absolute Gasteiger partial charge is 0.496 e. The van der Waals surface area contributed by atoms with E-state index in [1.165, 1.54) is 13.2 Å². The second kappa shape index (κ2) is 11.1. The number of piperidine rings is 1. The van der Waals surface area contributed by atoms with E-state index in [9.17, 15) is 18.4 Å². The van der Waals surface area contributed by atoms with Gasteiger partial charge in [-0.05, 0) is 82.2 Å². The smallest absolute Gasteiger partial charge is 0.410 e. The molecule has 1 aliphatic carbocycles. The maximum Gasteiger partial charge on any atom is 0.410 e. The number of likely N-dealkylation sites (tertiary alicyclic amines) is 1. The second-order valence-corrected chi connectivity index (χ2v) is 11.6. The molecule has 1 saturated heterocycles. The molecule has 3 heterocycles. The summed E-state index contributed by atoms with van der Waals surface area (Å²) in [5.74, 6) is 0.136. The van der Waals surface area contributed by atoms with Gasteiger partial charge in [-0.1, -0.05) is 0 Å². The molecular weight excluding hydrogens is 520 g/mol. The van der Waals surface area contributed by atoms with E-state index in [1.54, 1.807) is 17.2 Å². The van der Waals surface area contributed by atoms with E-state index in [4.69, 9.17) is 14.2 Å². The molecule has 2 aromatic heterocycles. The minimum absolute atomic E-state index is 0.0430. The first kappa shape index (κ1) is 27.9. The van der Waals surface area contributed by atoms with Crippen LogP contribution in [0.2, 0.25) is 0 Å². The van der Waals surface area contributed by atoms with Crippen molar-refractivity contribution < 1.29 is 32.6 Å². The van der Waals surface area contributed by atoms with Crippen LogP contribution in [0.25, 0.3) is 16.9 Å². The lowest BCUT2D eigenvalue weighted by molar-refractivity contribution is -0.0502. The van der Waals surface area contributed by atoms with Crippen molar-refractivity contribution >= 4 is 17.5 Å². The highest BCUT2D eigenvalue weighted by atomic mass is 19.3. The molecule has 1 atom stereocenters. The summed E-state index contributed by atoms with van der Waals surface area (Å²) in [5, 5.41) is 0. The van der Waals surface area contributed by atoms with E-state index in [-0.39, 0.29) is 47.2 Å². The zero-order valence-corrected chi connectivity index (χ0v) is 23.3. The van der Waals surface area contributed by atoms with Crippen LogP contribution in [0.5, 0.6) is 11.5 Å². The Hall–Kier alpha value is -3.69. The molecule has 0 spiro atoms. The van der Waals surface area contributed by atoms with E-state index in [2.05, 4.69) is 4.98 Å². The number of alkyl halides is 2. The van der Waals surface area contributed by atoms with Gasteiger partial charge >= 0.3 is 12.7 Å². The van der Waals surface area contributed by atoms with Crippen LogP contribution < -0.4 is 9.47 Å². The van der Waals surface area contributed by atoms with Crippen molar-refractivity contribution in [3.05, 3.63) is 47.8 Å². The Morgan fingerprint density at radius 2 is 1.88 bits per heavy atom. The maximum absolute atomic E-state index is 13.4. The number of amides is 1. The average molecular weight is 556 g/mol. The van der Waals surface area contributed by atoms with Gasteiger partial charge in [-0.15, -0.1) is 0 Å². The summed E-state index contributed by atoms with van der Waals surface area (Å²) in [6, 6.07) is 7.08. The number of methoxy groups -OCH3 is 1. The third-order valence-electron chi connectivity index (χ3n) is 7.33. The molecule has 1 saturated carbocycles. The number of ether oxygens (including phenoxy) is 3. The lowest BCUT2D eigenvalue weighted by Crippen LogP contribution is -2.42. The fourth-order valence-electron chi connectivity index (χ4n) is 5.25. The van der Waals surface area contributed by atoms with E-state index in [0.29, 0.717) is 30.0 Å². The molecule has 5 rings (SSSR count). The van der Waals surface area contributed by atoms with Crippen molar-refractivity contribution in [1.29, 1.82) is 0 Å². The Bertz CT molecular complexity index is 1410. The minimum atomic E-state index is -3.09. The molecule has 1 amide bonds. The molecular formula is C30H35F2N3O5. The summed E-state index contributed by atoms with van der Waals surface area (Å²) in [6.07, 6.45) is 7.22. The maximum atomic E-state index is 13.4. The first-order chi connectivity index (χ1) is 19.0. The number of aromatic nitrogens is 2. The molecule has 3 aromatic rings. The Morgan fingerprint density at radius 3 is 2.55 bits per heavy atom. The molecule has 8 nitrogen and oxygen atoms in total. The van der Waals surface area contributed by atoms with E-state index in [0.717, 1.165) is 31.2 Å². The number of fused-ring (bicyclic) bond motifs is 1. The first-order valence-corrected chi connectivity index (χ1v) is 13.7. The van der Waals surface area contributed by atoms with Crippen molar-refractivity contribution in [3.63, 3.8) is 0 Å². The lowest BCUT2D eigenvalue weighted by Gasteiger charge is -2.34. The molecule has 0 radical (unpaired) electrons. The topological polar surface area (TPSA) is 82.4 Å². The number of carbonyl (C=O) groups is 2. The van der Waals surface area contributed by atoms with Gasteiger partial charge < -0.3 is 19.1 Å². The molecule has 2 aliphatic rings. The van der Waals surface area contributed by atoms with Crippen LogP contribution in [0.4, 0.5) is 13.6 Å². The number of carbonyl (C=O) groups excluding carboxylic acids is 2. The zero-order valence-electron chi connectivity index (χ0n) is 23.3. The fourth-order valence-corrected chi connectivity index (χ4v) is 5.25. The van der Waals surface area contributed by atoms with Gasteiger partial charge in [0.1, 0.15) is 28.3 Å². The van der Waals surface area contributed by atoms with E-state index >= 15 is 0 Å². The van der Waals surface area contributed by atoms with Gasteiger partial charge in [0.05, 0.1) is 19.0 Å². The zero-order chi connectivity index (χ0) is 28.6. The Labute approximate surface area is 232 Å². The molecule has 214 valence electrons. The summed E-state index contributed by atoms with van der Waals surface area (Å²) in [4.78, 5) is 31.9. The standard InChI is InChI=1S/C30H35F2N3O5/c1-30(2,3)40-29(37)34-10-5-6-20(17-34)19-9-11-35-22(16-33-26(35)15-19)21-13-24(38-4)27(23(36)12-18-7-8-18)25(14-21)39-28(31)32/h9,11,13-16,18,20,28H,5-8,10,12,17H2,1-4H3. The van der Waals surface area contributed by atoms with Gasteiger partial charge in [-0.2, -0.15) is 8.78 Å². The third-order valence-corrected chi connectivity index (χ3v) is 7.33. The number of Topliss-reactive ketones (excluding diaryl/α,β-unsaturated/α-hetero) is 1. The van der Waals surface area contributed by atoms with Gasteiger partial charge in [0.2, 0.25) is 0 Å². The van der Waals surface area contributed by atoms with Crippen LogP contribution in [0.3, 0.4) is 0 Å². The van der Waals surface area contributed by atoms with Crippen molar-refractivity contribution in [2.75, 3.05) is 20.2 Å². The molecule has 1 unspecified atom stereocenters. The highest BCUT2D eigenvalue weighted by Gasteiger charge is 2.31. The number of hydrogen-bond acceptors (Lipinski definition) is 6.